The second-order valence-corrected chi connectivity index (χ2v) is 5.54. The molecule has 2 aromatic carbocycles. The monoisotopic (exact) mass is 321 g/mol. The second-order valence-electron chi connectivity index (χ2n) is 5.54. The molecule has 0 unspecified atom stereocenters. The van der Waals surface area contributed by atoms with E-state index in [-0.39, 0.29) is 12.5 Å². The van der Waals surface area contributed by atoms with Gasteiger partial charge in [-0.3, -0.25) is 4.79 Å². The van der Waals surface area contributed by atoms with Crippen LogP contribution in [0.1, 0.15) is 5.76 Å². The molecule has 4 rings (SSSR count). The third-order valence-corrected chi connectivity index (χ3v) is 3.74. The van der Waals surface area contributed by atoms with E-state index < -0.39 is 0 Å². The summed E-state index contributed by atoms with van der Waals surface area (Å²) in [5, 5.41) is 8.61. The number of ether oxygens (including phenoxy) is 1. The van der Waals surface area contributed by atoms with Crippen molar-refractivity contribution in [2.24, 2.45) is 0 Å². The van der Waals surface area contributed by atoms with Crippen LogP contribution in [0, 0.1) is 6.92 Å². The van der Waals surface area contributed by atoms with Gasteiger partial charge in [0.2, 0.25) is 0 Å². The lowest BCUT2D eigenvalue weighted by atomic mass is 10.1. The van der Waals surface area contributed by atoms with Crippen molar-refractivity contribution in [2.75, 3.05) is 11.9 Å². The zero-order valence-corrected chi connectivity index (χ0v) is 13.0. The molecule has 0 aliphatic rings. The second kappa shape index (κ2) is 5.73. The summed E-state index contributed by atoms with van der Waals surface area (Å²) < 4.78 is 10.5. The number of aromatic amines is 1. The van der Waals surface area contributed by atoms with Gasteiger partial charge >= 0.3 is 0 Å². The van der Waals surface area contributed by atoms with E-state index in [2.05, 4.69) is 21.5 Å². The molecule has 0 fully saturated rings. The number of H-pyrrole nitrogens is 1. The number of fused-ring (bicyclic) bond motifs is 3. The van der Waals surface area contributed by atoms with Gasteiger partial charge in [-0.2, -0.15) is 0 Å². The van der Waals surface area contributed by atoms with Gasteiger partial charge in [0.05, 0.1) is 5.52 Å². The molecule has 0 aliphatic heterocycles. The Labute approximate surface area is 137 Å². The molecule has 0 bridgehead atoms. The number of anilines is 1. The van der Waals surface area contributed by atoms with Crippen molar-refractivity contribution >= 4 is 33.5 Å². The van der Waals surface area contributed by atoms with Crippen LogP contribution in [-0.2, 0) is 4.79 Å². The highest BCUT2D eigenvalue weighted by Gasteiger charge is 2.09. The van der Waals surface area contributed by atoms with Gasteiger partial charge in [0, 0.05) is 28.4 Å². The average Bonchev–Trinajstić information content (AvgIpc) is 3.15. The van der Waals surface area contributed by atoms with Crippen LogP contribution in [0.25, 0.3) is 21.8 Å². The zero-order chi connectivity index (χ0) is 16.5. The smallest absolute Gasteiger partial charge is 0.263 e. The molecule has 1 amide bonds. The molecule has 0 spiro atoms. The Morgan fingerprint density at radius 2 is 2.00 bits per heavy atom. The maximum atomic E-state index is 11.9. The van der Waals surface area contributed by atoms with Gasteiger partial charge < -0.3 is 19.6 Å². The first-order chi connectivity index (χ1) is 11.7. The number of nitrogens with zero attached hydrogens (tertiary/aromatic N) is 1. The molecule has 24 heavy (non-hydrogen) atoms. The number of amides is 1. The molecule has 2 aromatic heterocycles. The minimum atomic E-state index is -0.292. The van der Waals surface area contributed by atoms with E-state index in [1.807, 2.05) is 36.4 Å². The zero-order valence-electron chi connectivity index (χ0n) is 13.0. The number of carbonyl (C=O) groups excluding carboxylic acids is 1. The Morgan fingerprint density at radius 3 is 2.83 bits per heavy atom. The van der Waals surface area contributed by atoms with Gasteiger partial charge in [-0.05, 0) is 25.1 Å². The van der Waals surface area contributed by atoms with Crippen molar-refractivity contribution in [2.45, 2.75) is 6.92 Å². The summed E-state index contributed by atoms with van der Waals surface area (Å²) in [6.45, 7) is 1.66. The fourth-order valence-corrected chi connectivity index (χ4v) is 2.68. The van der Waals surface area contributed by atoms with Gasteiger partial charge in [0.1, 0.15) is 11.5 Å². The molecule has 6 heteroatoms. The summed E-state index contributed by atoms with van der Waals surface area (Å²) in [5.41, 5.74) is 2.05. The predicted molar refractivity (Wildman–Crippen MR) is 91.2 cm³/mol. The van der Waals surface area contributed by atoms with E-state index in [1.54, 1.807) is 13.0 Å². The van der Waals surface area contributed by atoms with Crippen LogP contribution in [0.5, 0.6) is 5.75 Å². The van der Waals surface area contributed by atoms with E-state index in [1.165, 1.54) is 0 Å². The van der Waals surface area contributed by atoms with Gasteiger partial charge in [0.25, 0.3) is 5.91 Å². The van der Waals surface area contributed by atoms with Crippen LogP contribution >= 0.6 is 0 Å². The minimum Gasteiger partial charge on any atom is -0.484 e. The minimum absolute atomic E-state index is 0.0996. The van der Waals surface area contributed by atoms with E-state index in [9.17, 15) is 4.79 Å². The summed E-state index contributed by atoms with van der Waals surface area (Å²) >= 11 is 0. The van der Waals surface area contributed by atoms with Crippen molar-refractivity contribution in [3.63, 3.8) is 0 Å². The summed E-state index contributed by atoms with van der Waals surface area (Å²) in [5.74, 6) is 1.35. The summed E-state index contributed by atoms with van der Waals surface area (Å²) in [7, 11) is 0. The number of benzene rings is 2. The third kappa shape index (κ3) is 2.69. The van der Waals surface area contributed by atoms with Crippen molar-refractivity contribution in [3.05, 3.63) is 54.3 Å². The van der Waals surface area contributed by atoms with Crippen LogP contribution in [0.15, 0.2) is 53.1 Å². The molecule has 0 atom stereocenters. The largest absolute Gasteiger partial charge is 0.484 e. The molecule has 0 aliphatic carbocycles. The standard InChI is InChI=1S/C18H15N3O3/c1-11-8-17(21-24-11)20-18(22)10-23-12-6-7-14-13-4-2-3-5-15(13)19-16(14)9-12/h2-9,19H,10H2,1H3,(H,20,21,22). The lowest BCUT2D eigenvalue weighted by molar-refractivity contribution is -0.118. The van der Waals surface area contributed by atoms with E-state index >= 15 is 0 Å². The topological polar surface area (TPSA) is 80.1 Å². The van der Waals surface area contributed by atoms with Gasteiger partial charge in [-0.1, -0.05) is 23.4 Å². The highest BCUT2D eigenvalue weighted by Crippen LogP contribution is 2.28. The van der Waals surface area contributed by atoms with Crippen molar-refractivity contribution in [3.8, 4) is 5.75 Å². The van der Waals surface area contributed by atoms with Crippen molar-refractivity contribution < 1.29 is 14.1 Å². The number of hydrogen-bond donors (Lipinski definition) is 2. The van der Waals surface area contributed by atoms with E-state index in [0.717, 1.165) is 21.8 Å². The summed E-state index contributed by atoms with van der Waals surface area (Å²) in [6.07, 6.45) is 0. The number of aromatic nitrogens is 2. The van der Waals surface area contributed by atoms with Crippen LogP contribution in [0.3, 0.4) is 0 Å². The molecular formula is C18H15N3O3. The molecule has 0 saturated heterocycles. The summed E-state index contributed by atoms with van der Waals surface area (Å²) in [4.78, 5) is 15.2. The van der Waals surface area contributed by atoms with Crippen molar-refractivity contribution in [1.82, 2.24) is 10.1 Å². The number of carbonyl (C=O) groups is 1. The Balaban J connectivity index is 1.48. The highest BCUT2D eigenvalue weighted by molar-refractivity contribution is 6.07. The fourth-order valence-electron chi connectivity index (χ4n) is 2.68. The lowest BCUT2D eigenvalue weighted by Crippen LogP contribution is -2.20. The van der Waals surface area contributed by atoms with Crippen LogP contribution < -0.4 is 10.1 Å². The van der Waals surface area contributed by atoms with E-state index in [0.29, 0.717) is 17.3 Å². The molecule has 2 N–H and O–H groups in total. The Kier molecular flexibility index (Phi) is 3.42. The maximum Gasteiger partial charge on any atom is 0.263 e. The van der Waals surface area contributed by atoms with Gasteiger partial charge in [0.15, 0.2) is 12.4 Å². The molecule has 4 aromatic rings. The van der Waals surface area contributed by atoms with Crippen LogP contribution in [-0.4, -0.2) is 22.7 Å². The molecule has 6 nitrogen and oxygen atoms in total. The van der Waals surface area contributed by atoms with Gasteiger partial charge in [-0.15, -0.1) is 0 Å². The Morgan fingerprint density at radius 1 is 1.17 bits per heavy atom. The molecule has 120 valence electrons. The molecule has 0 radical (unpaired) electrons. The first kappa shape index (κ1) is 14.3. The van der Waals surface area contributed by atoms with Crippen molar-refractivity contribution in [1.29, 1.82) is 0 Å². The quantitative estimate of drug-likeness (QED) is 0.601. The third-order valence-electron chi connectivity index (χ3n) is 3.74. The highest BCUT2D eigenvalue weighted by atomic mass is 16.5. The fraction of sp³-hybridized carbons (Fsp3) is 0.111. The first-order valence-electron chi connectivity index (χ1n) is 7.55. The summed E-state index contributed by atoms with van der Waals surface area (Å²) in [6, 6.07) is 15.5. The average molecular weight is 321 g/mol. The number of rotatable bonds is 4. The number of hydrogen-bond acceptors (Lipinski definition) is 4. The SMILES string of the molecule is Cc1cc(NC(=O)COc2ccc3c(c2)[nH]c2ccccc23)no1. The predicted octanol–water partition coefficient (Wildman–Crippen LogP) is 3.64. The number of nitrogens with one attached hydrogen (secondary N) is 2. The number of aryl methyl sites for hydroxylation is 1. The molecular weight excluding hydrogens is 306 g/mol. The number of para-hydroxylation sites is 1. The molecule has 0 saturated carbocycles. The molecule has 2 heterocycles. The van der Waals surface area contributed by atoms with Gasteiger partial charge in [-0.25, -0.2) is 0 Å². The van der Waals surface area contributed by atoms with E-state index in [4.69, 9.17) is 9.26 Å². The Hall–Kier alpha value is -3.28. The van der Waals surface area contributed by atoms with Crippen LogP contribution in [0.4, 0.5) is 5.82 Å². The normalized spacial score (nSPS) is 11.0. The lowest BCUT2D eigenvalue weighted by Gasteiger charge is -2.05. The first-order valence-corrected chi connectivity index (χ1v) is 7.55. The van der Waals surface area contributed by atoms with Crippen LogP contribution in [0.2, 0.25) is 0 Å². The maximum absolute atomic E-state index is 11.9. The Bertz CT molecular complexity index is 1030.